The molecule has 0 fully saturated rings. The van der Waals surface area contributed by atoms with Crippen LogP contribution in [-0.4, -0.2) is 44.7 Å². The van der Waals surface area contributed by atoms with Crippen LogP contribution in [0.2, 0.25) is 0 Å². The topological polar surface area (TPSA) is 64.4 Å². The monoisotopic (exact) mass is 495 g/mol. The number of carbonyl (C=O) groups excluding carboxylic acids is 2. The molecule has 3 aromatic rings. The molecule has 35 heavy (non-hydrogen) atoms. The van der Waals surface area contributed by atoms with Crippen molar-refractivity contribution in [3.63, 3.8) is 0 Å². The van der Waals surface area contributed by atoms with Crippen LogP contribution in [0.25, 0.3) is 11.0 Å². The average Bonchev–Trinajstić information content (AvgIpc) is 3.21. The van der Waals surface area contributed by atoms with E-state index in [0.717, 1.165) is 53.2 Å². The van der Waals surface area contributed by atoms with Crippen molar-refractivity contribution in [1.29, 1.82) is 0 Å². The van der Waals surface area contributed by atoms with Gasteiger partial charge in [0.2, 0.25) is 5.91 Å². The molecule has 1 aromatic heterocycles. The fourth-order valence-electron chi connectivity index (χ4n) is 3.79. The van der Waals surface area contributed by atoms with Gasteiger partial charge in [-0.25, -0.2) is 4.98 Å². The smallest absolute Gasteiger partial charge is 0.326 e. The van der Waals surface area contributed by atoms with E-state index in [1.165, 1.54) is 0 Å². The Morgan fingerprint density at radius 1 is 1.06 bits per heavy atom. The number of hydrogen-bond donors (Lipinski definition) is 0. The van der Waals surface area contributed by atoms with Gasteiger partial charge in [-0.2, -0.15) is 0 Å². The standard InChI is InChI=1S/C28H37N3O3S/c1-4-6-17-26(32)30(20-23-13-8-7-9-14-23)18-12-19-35-28-29-24-15-10-11-16-25(24)31(28)21-27(33)34-22(3)5-2/h7-11,13-16,22H,4-6,12,17-21H2,1-3H3. The lowest BCUT2D eigenvalue weighted by Crippen LogP contribution is -2.31. The Kier molecular flexibility index (Phi) is 10.7. The van der Waals surface area contributed by atoms with Gasteiger partial charge in [0.25, 0.3) is 0 Å². The van der Waals surface area contributed by atoms with Crippen molar-refractivity contribution < 1.29 is 14.3 Å². The second-order valence-corrected chi connectivity index (χ2v) is 9.85. The fraction of sp³-hybridized carbons (Fsp3) is 0.464. The first-order valence-electron chi connectivity index (χ1n) is 12.6. The van der Waals surface area contributed by atoms with Crippen LogP contribution in [-0.2, 0) is 27.4 Å². The van der Waals surface area contributed by atoms with Gasteiger partial charge in [-0.05, 0) is 43.9 Å². The maximum Gasteiger partial charge on any atom is 0.326 e. The number of esters is 1. The van der Waals surface area contributed by atoms with Gasteiger partial charge in [-0.3, -0.25) is 9.59 Å². The van der Waals surface area contributed by atoms with Gasteiger partial charge in [0.05, 0.1) is 17.1 Å². The summed E-state index contributed by atoms with van der Waals surface area (Å²) in [7, 11) is 0. The van der Waals surface area contributed by atoms with Gasteiger partial charge in [0, 0.05) is 25.3 Å². The summed E-state index contributed by atoms with van der Waals surface area (Å²) in [5.74, 6) is 0.761. The average molecular weight is 496 g/mol. The molecule has 0 aliphatic carbocycles. The van der Waals surface area contributed by atoms with E-state index in [2.05, 4.69) is 19.1 Å². The van der Waals surface area contributed by atoms with Gasteiger partial charge >= 0.3 is 5.97 Å². The van der Waals surface area contributed by atoms with E-state index < -0.39 is 0 Å². The maximum absolute atomic E-state index is 12.8. The lowest BCUT2D eigenvalue weighted by Gasteiger charge is -2.23. The number of rotatable bonds is 14. The van der Waals surface area contributed by atoms with E-state index in [9.17, 15) is 9.59 Å². The zero-order valence-electron chi connectivity index (χ0n) is 21.1. The van der Waals surface area contributed by atoms with Crippen LogP contribution in [0.3, 0.4) is 0 Å². The predicted molar refractivity (Wildman–Crippen MR) is 142 cm³/mol. The number of carbonyl (C=O) groups is 2. The highest BCUT2D eigenvalue weighted by molar-refractivity contribution is 7.99. The molecule has 1 amide bonds. The Bertz CT molecular complexity index is 1080. The molecule has 0 saturated heterocycles. The number of ether oxygens (including phenoxy) is 1. The summed E-state index contributed by atoms with van der Waals surface area (Å²) in [5.41, 5.74) is 2.94. The molecule has 0 aliphatic rings. The lowest BCUT2D eigenvalue weighted by atomic mass is 10.2. The number of nitrogens with zero attached hydrogens (tertiary/aromatic N) is 3. The van der Waals surface area contributed by atoms with Crippen molar-refractivity contribution in [1.82, 2.24) is 14.5 Å². The molecule has 188 valence electrons. The van der Waals surface area contributed by atoms with Crippen molar-refractivity contribution in [2.24, 2.45) is 0 Å². The number of unbranched alkanes of at least 4 members (excludes halogenated alkanes) is 1. The quantitative estimate of drug-likeness (QED) is 0.154. The van der Waals surface area contributed by atoms with Crippen molar-refractivity contribution >= 4 is 34.7 Å². The first-order valence-corrected chi connectivity index (χ1v) is 13.6. The fourth-order valence-corrected chi connectivity index (χ4v) is 4.73. The number of imidazole rings is 1. The highest BCUT2D eigenvalue weighted by atomic mass is 32.2. The number of fused-ring (bicyclic) bond motifs is 1. The van der Waals surface area contributed by atoms with Crippen LogP contribution in [0.4, 0.5) is 0 Å². The molecule has 1 unspecified atom stereocenters. The Morgan fingerprint density at radius 3 is 2.54 bits per heavy atom. The van der Waals surface area contributed by atoms with Gasteiger partial charge in [0.15, 0.2) is 5.16 Å². The van der Waals surface area contributed by atoms with Crippen molar-refractivity contribution in [2.75, 3.05) is 12.3 Å². The van der Waals surface area contributed by atoms with Crippen molar-refractivity contribution in [3.8, 4) is 0 Å². The molecule has 6 nitrogen and oxygen atoms in total. The van der Waals surface area contributed by atoms with Crippen LogP contribution >= 0.6 is 11.8 Å². The van der Waals surface area contributed by atoms with E-state index in [-0.39, 0.29) is 24.5 Å². The molecule has 3 rings (SSSR count). The third kappa shape index (κ3) is 8.13. The van der Waals surface area contributed by atoms with Crippen LogP contribution in [0.1, 0.15) is 58.4 Å². The van der Waals surface area contributed by atoms with Gasteiger partial charge in [-0.15, -0.1) is 0 Å². The molecule has 1 atom stereocenters. The van der Waals surface area contributed by atoms with E-state index in [1.54, 1.807) is 11.8 Å². The second-order valence-electron chi connectivity index (χ2n) is 8.78. The predicted octanol–water partition coefficient (Wildman–Crippen LogP) is 6.08. The summed E-state index contributed by atoms with van der Waals surface area (Å²) in [6.45, 7) is 7.48. The minimum atomic E-state index is -0.250. The van der Waals surface area contributed by atoms with E-state index >= 15 is 0 Å². The van der Waals surface area contributed by atoms with Crippen LogP contribution < -0.4 is 0 Å². The third-order valence-corrected chi connectivity index (χ3v) is 6.99. The highest BCUT2D eigenvalue weighted by Gasteiger charge is 2.17. The van der Waals surface area contributed by atoms with Crippen LogP contribution in [0, 0.1) is 0 Å². The third-order valence-electron chi connectivity index (χ3n) is 5.93. The number of hydrogen-bond acceptors (Lipinski definition) is 5. The molecule has 2 aromatic carbocycles. The lowest BCUT2D eigenvalue weighted by molar-refractivity contribution is -0.149. The molecule has 0 N–H and O–H groups in total. The summed E-state index contributed by atoms with van der Waals surface area (Å²) >= 11 is 1.62. The van der Waals surface area contributed by atoms with Crippen molar-refractivity contribution in [2.45, 2.75) is 77.2 Å². The Labute approximate surface area is 213 Å². The van der Waals surface area contributed by atoms with Gasteiger partial charge < -0.3 is 14.2 Å². The zero-order chi connectivity index (χ0) is 25.0. The molecule has 7 heteroatoms. The number of benzene rings is 2. The van der Waals surface area contributed by atoms with Crippen LogP contribution in [0.5, 0.6) is 0 Å². The highest BCUT2D eigenvalue weighted by Crippen LogP contribution is 2.25. The number of para-hydroxylation sites is 2. The van der Waals surface area contributed by atoms with Gasteiger partial charge in [0.1, 0.15) is 6.54 Å². The molecule has 0 saturated carbocycles. The minimum absolute atomic E-state index is 0.103. The maximum atomic E-state index is 12.8. The summed E-state index contributed by atoms with van der Waals surface area (Å²) in [4.78, 5) is 32.1. The van der Waals surface area contributed by atoms with E-state index in [0.29, 0.717) is 19.5 Å². The van der Waals surface area contributed by atoms with Crippen molar-refractivity contribution in [3.05, 3.63) is 60.2 Å². The molecule has 0 spiro atoms. The first kappa shape index (κ1) is 26.8. The minimum Gasteiger partial charge on any atom is -0.461 e. The number of aromatic nitrogens is 2. The first-order chi connectivity index (χ1) is 17.0. The summed E-state index contributed by atoms with van der Waals surface area (Å²) in [5, 5.41) is 0.805. The Balaban J connectivity index is 1.64. The number of thioether (sulfide) groups is 1. The Morgan fingerprint density at radius 2 is 1.80 bits per heavy atom. The molecule has 1 heterocycles. The molecule has 0 aliphatic heterocycles. The summed E-state index contributed by atoms with van der Waals surface area (Å²) < 4.78 is 7.45. The molecule has 0 bridgehead atoms. The van der Waals surface area contributed by atoms with E-state index in [1.807, 2.05) is 65.8 Å². The SMILES string of the molecule is CCCCC(=O)N(CCCSc1nc2ccccc2n1CC(=O)OC(C)CC)Cc1ccccc1. The summed E-state index contributed by atoms with van der Waals surface area (Å²) in [6.07, 6.45) is 4.04. The molecular weight excluding hydrogens is 458 g/mol. The molecule has 0 radical (unpaired) electrons. The number of amides is 1. The largest absolute Gasteiger partial charge is 0.461 e. The normalized spacial score (nSPS) is 12.0. The second kappa shape index (κ2) is 13.9. The zero-order valence-corrected chi connectivity index (χ0v) is 21.9. The Hall–Kier alpha value is -2.80. The van der Waals surface area contributed by atoms with E-state index in [4.69, 9.17) is 9.72 Å². The van der Waals surface area contributed by atoms with Crippen LogP contribution in [0.15, 0.2) is 59.8 Å². The molecular formula is C28H37N3O3S. The van der Waals surface area contributed by atoms with Gasteiger partial charge in [-0.1, -0.05) is 74.5 Å². The summed E-state index contributed by atoms with van der Waals surface area (Å²) in [6, 6.07) is 18.0.